The molecular formula is C21H33N7O9. The summed E-state index contributed by atoms with van der Waals surface area (Å²) in [6.07, 6.45) is 1.92. The third-order valence-corrected chi connectivity index (χ3v) is 5.18. The standard InChI is InChI=1S/C21H33N7O9/c22-6-2-1-3-14(21(36)37)27-19(34)13(4-5-16(29)30)26-20(35)15(8-17(31)32)28-18(33)12(23)7-11-9-24-10-25-11/h9-10,12-15H,1-8,22-23H2,(H,24,25)(H,26,35)(H,27,34)(H,28,33)(H,29,30)(H,31,32)(H,36,37). The first-order valence-electron chi connectivity index (χ1n) is 11.4. The first-order valence-corrected chi connectivity index (χ1v) is 11.4. The molecule has 16 nitrogen and oxygen atoms in total. The summed E-state index contributed by atoms with van der Waals surface area (Å²) in [6.45, 7) is 0.319. The summed E-state index contributed by atoms with van der Waals surface area (Å²) >= 11 is 0. The maximum atomic E-state index is 12.8. The summed E-state index contributed by atoms with van der Waals surface area (Å²) in [4.78, 5) is 78.4. The number of carboxylic acid groups (broad SMARTS) is 3. The topological polar surface area (TPSA) is 280 Å². The second-order valence-electron chi connectivity index (χ2n) is 8.22. The van der Waals surface area contributed by atoms with Gasteiger partial charge in [-0.25, -0.2) is 9.78 Å². The van der Waals surface area contributed by atoms with Crippen LogP contribution in [0.25, 0.3) is 0 Å². The Morgan fingerprint density at radius 1 is 0.865 bits per heavy atom. The predicted molar refractivity (Wildman–Crippen MR) is 126 cm³/mol. The molecule has 4 atom stereocenters. The summed E-state index contributed by atoms with van der Waals surface area (Å²) in [6, 6.07) is -5.66. The highest BCUT2D eigenvalue weighted by atomic mass is 16.4. The number of carboxylic acids is 3. The van der Waals surface area contributed by atoms with Gasteiger partial charge in [-0.1, -0.05) is 0 Å². The van der Waals surface area contributed by atoms with E-state index in [1.54, 1.807) is 0 Å². The molecule has 0 spiro atoms. The molecule has 3 amide bonds. The van der Waals surface area contributed by atoms with Crippen LogP contribution in [0.3, 0.4) is 0 Å². The summed E-state index contributed by atoms with van der Waals surface area (Å²) in [7, 11) is 0. The first-order chi connectivity index (χ1) is 17.4. The maximum absolute atomic E-state index is 12.8. The average Bonchev–Trinajstić information content (AvgIpc) is 3.32. The van der Waals surface area contributed by atoms with E-state index in [1.807, 2.05) is 0 Å². The zero-order valence-corrected chi connectivity index (χ0v) is 20.0. The van der Waals surface area contributed by atoms with Crippen molar-refractivity contribution in [3.05, 3.63) is 18.2 Å². The molecule has 11 N–H and O–H groups in total. The lowest BCUT2D eigenvalue weighted by molar-refractivity contribution is -0.143. The Hall–Kier alpha value is -4.05. The first kappa shape index (κ1) is 31.0. The van der Waals surface area contributed by atoms with Crippen LogP contribution < -0.4 is 27.4 Å². The lowest BCUT2D eigenvalue weighted by atomic mass is 10.1. The number of rotatable bonds is 18. The Morgan fingerprint density at radius 3 is 2.03 bits per heavy atom. The minimum Gasteiger partial charge on any atom is -0.481 e. The molecule has 0 aromatic carbocycles. The molecule has 1 aromatic heterocycles. The molecular weight excluding hydrogens is 494 g/mol. The number of imidazole rings is 1. The van der Waals surface area contributed by atoms with Gasteiger partial charge >= 0.3 is 17.9 Å². The smallest absolute Gasteiger partial charge is 0.326 e. The van der Waals surface area contributed by atoms with Gasteiger partial charge in [0.25, 0.3) is 0 Å². The van der Waals surface area contributed by atoms with Gasteiger partial charge in [-0.15, -0.1) is 0 Å². The molecule has 0 saturated carbocycles. The van der Waals surface area contributed by atoms with E-state index in [1.165, 1.54) is 12.5 Å². The van der Waals surface area contributed by atoms with Crippen molar-refractivity contribution in [1.29, 1.82) is 0 Å². The number of aliphatic carboxylic acids is 3. The van der Waals surface area contributed by atoms with Gasteiger partial charge in [0.1, 0.15) is 18.1 Å². The van der Waals surface area contributed by atoms with Gasteiger partial charge in [-0.05, 0) is 32.2 Å². The van der Waals surface area contributed by atoms with Crippen molar-refractivity contribution in [2.45, 2.75) is 69.1 Å². The average molecular weight is 528 g/mol. The third kappa shape index (κ3) is 12.0. The molecule has 0 fully saturated rings. The number of carbonyl (C=O) groups is 6. The molecule has 1 aromatic rings. The lowest BCUT2D eigenvalue weighted by Crippen LogP contribution is -2.57. The van der Waals surface area contributed by atoms with E-state index >= 15 is 0 Å². The van der Waals surface area contributed by atoms with Crippen molar-refractivity contribution in [2.24, 2.45) is 11.5 Å². The number of aromatic amines is 1. The van der Waals surface area contributed by atoms with Crippen LogP contribution in [0, 0.1) is 0 Å². The highest BCUT2D eigenvalue weighted by Gasteiger charge is 2.31. The number of H-pyrrole nitrogens is 1. The fourth-order valence-electron chi connectivity index (χ4n) is 3.22. The quantitative estimate of drug-likeness (QED) is 0.0881. The minimum absolute atomic E-state index is 0.0115. The number of amides is 3. The lowest BCUT2D eigenvalue weighted by Gasteiger charge is -2.24. The second-order valence-corrected chi connectivity index (χ2v) is 8.22. The molecule has 1 heterocycles. The van der Waals surface area contributed by atoms with E-state index in [0.717, 1.165) is 0 Å². The second kappa shape index (κ2) is 15.8. The number of nitrogens with zero attached hydrogens (tertiary/aromatic N) is 1. The fraction of sp³-hybridized carbons (Fsp3) is 0.571. The minimum atomic E-state index is -1.65. The molecule has 4 unspecified atom stereocenters. The zero-order chi connectivity index (χ0) is 28.0. The normalized spacial score (nSPS) is 14.0. The van der Waals surface area contributed by atoms with Gasteiger partial charge in [-0.3, -0.25) is 24.0 Å². The summed E-state index contributed by atoms with van der Waals surface area (Å²) < 4.78 is 0. The van der Waals surface area contributed by atoms with Crippen LogP contribution >= 0.6 is 0 Å². The molecule has 0 aliphatic heterocycles. The molecule has 0 saturated heterocycles. The van der Waals surface area contributed by atoms with Crippen LogP contribution in [0.2, 0.25) is 0 Å². The summed E-state index contributed by atoms with van der Waals surface area (Å²) in [5, 5.41) is 34.2. The highest BCUT2D eigenvalue weighted by Crippen LogP contribution is 2.06. The van der Waals surface area contributed by atoms with Crippen molar-refractivity contribution in [2.75, 3.05) is 6.54 Å². The summed E-state index contributed by atoms with van der Waals surface area (Å²) in [5.41, 5.74) is 11.7. The third-order valence-electron chi connectivity index (χ3n) is 5.18. The van der Waals surface area contributed by atoms with Gasteiger partial charge in [-0.2, -0.15) is 0 Å². The van der Waals surface area contributed by atoms with Crippen LogP contribution in [0.1, 0.15) is 44.2 Å². The molecule has 0 bridgehead atoms. The summed E-state index contributed by atoms with van der Waals surface area (Å²) in [5.74, 6) is -7.00. The zero-order valence-electron chi connectivity index (χ0n) is 20.0. The fourth-order valence-corrected chi connectivity index (χ4v) is 3.22. The number of nitrogens with two attached hydrogens (primary N) is 2. The largest absolute Gasteiger partial charge is 0.481 e. The number of unbranched alkanes of at least 4 members (excludes halogenated alkanes) is 1. The number of aromatic nitrogens is 2. The van der Waals surface area contributed by atoms with E-state index in [9.17, 15) is 39.0 Å². The van der Waals surface area contributed by atoms with Crippen molar-refractivity contribution >= 4 is 35.6 Å². The SMILES string of the molecule is NCCCCC(NC(=O)C(CCC(=O)O)NC(=O)C(CC(=O)O)NC(=O)C(N)Cc1cnc[nH]1)C(=O)O. The molecule has 0 radical (unpaired) electrons. The van der Waals surface area contributed by atoms with Gasteiger partial charge in [0, 0.05) is 24.7 Å². The van der Waals surface area contributed by atoms with Crippen LogP contribution in [0.4, 0.5) is 0 Å². The predicted octanol–water partition coefficient (Wildman–Crippen LogP) is -2.71. The van der Waals surface area contributed by atoms with Crippen LogP contribution in [0.15, 0.2) is 12.5 Å². The number of hydrogen-bond acceptors (Lipinski definition) is 9. The maximum Gasteiger partial charge on any atom is 0.326 e. The Morgan fingerprint density at radius 2 is 1.49 bits per heavy atom. The van der Waals surface area contributed by atoms with Gasteiger partial charge in [0.15, 0.2) is 0 Å². The van der Waals surface area contributed by atoms with Crippen LogP contribution in [-0.4, -0.2) is 91.6 Å². The molecule has 0 aliphatic rings. The number of nitrogens with one attached hydrogen (secondary N) is 4. The number of carbonyl (C=O) groups excluding carboxylic acids is 3. The van der Waals surface area contributed by atoms with E-state index in [0.29, 0.717) is 25.1 Å². The van der Waals surface area contributed by atoms with E-state index in [-0.39, 0.29) is 12.8 Å². The van der Waals surface area contributed by atoms with Crippen LogP contribution in [-0.2, 0) is 35.2 Å². The molecule has 206 valence electrons. The van der Waals surface area contributed by atoms with Crippen LogP contribution in [0.5, 0.6) is 0 Å². The van der Waals surface area contributed by atoms with E-state index < -0.39 is 79.1 Å². The van der Waals surface area contributed by atoms with Gasteiger partial charge in [0.05, 0.1) is 18.8 Å². The molecule has 16 heteroatoms. The Labute approximate surface area is 211 Å². The Kier molecular flexibility index (Phi) is 13.3. The Bertz CT molecular complexity index is 939. The van der Waals surface area contributed by atoms with E-state index in [2.05, 4.69) is 25.9 Å². The molecule has 0 aliphatic carbocycles. The van der Waals surface area contributed by atoms with Crippen molar-refractivity contribution in [1.82, 2.24) is 25.9 Å². The molecule has 37 heavy (non-hydrogen) atoms. The van der Waals surface area contributed by atoms with Crippen molar-refractivity contribution in [3.63, 3.8) is 0 Å². The molecule has 1 rings (SSSR count). The van der Waals surface area contributed by atoms with Crippen molar-refractivity contribution < 1.29 is 44.1 Å². The van der Waals surface area contributed by atoms with Gasteiger partial charge in [0.2, 0.25) is 17.7 Å². The monoisotopic (exact) mass is 527 g/mol. The number of hydrogen-bond donors (Lipinski definition) is 9. The highest BCUT2D eigenvalue weighted by molar-refractivity contribution is 5.95. The Balaban J connectivity index is 2.96. The van der Waals surface area contributed by atoms with E-state index in [4.69, 9.17) is 16.6 Å². The van der Waals surface area contributed by atoms with Gasteiger partial charge < -0.3 is 47.7 Å². The van der Waals surface area contributed by atoms with Crippen molar-refractivity contribution in [3.8, 4) is 0 Å².